The Balaban J connectivity index is 2.13. The zero-order valence-corrected chi connectivity index (χ0v) is 18.6. The third-order valence-corrected chi connectivity index (χ3v) is 7.41. The van der Waals surface area contributed by atoms with Gasteiger partial charge in [0.05, 0.1) is 24.7 Å². The van der Waals surface area contributed by atoms with Crippen LogP contribution in [-0.4, -0.2) is 69.5 Å². The van der Waals surface area contributed by atoms with Crippen molar-refractivity contribution in [3.8, 4) is 0 Å². The van der Waals surface area contributed by atoms with E-state index in [1.807, 2.05) is 11.9 Å². The SMILES string of the molecule is Cc1ccc(NC(=O)CN(C)C(C)C(C)(C)C)cc1S(=O)(=O)N1CCOCC1. The predicted molar refractivity (Wildman–Crippen MR) is 111 cm³/mol. The molecule has 28 heavy (non-hydrogen) atoms. The fourth-order valence-electron chi connectivity index (χ4n) is 3.11. The normalized spacial score (nSPS) is 17.5. The number of hydrogen-bond donors (Lipinski definition) is 1. The summed E-state index contributed by atoms with van der Waals surface area (Å²) in [7, 11) is -1.70. The molecule has 1 aliphatic heterocycles. The predicted octanol–water partition coefficient (Wildman–Crippen LogP) is 2.32. The van der Waals surface area contributed by atoms with Gasteiger partial charge in [0.1, 0.15) is 0 Å². The number of carbonyl (C=O) groups excluding carboxylic acids is 1. The van der Waals surface area contributed by atoms with Gasteiger partial charge in [0, 0.05) is 24.8 Å². The Morgan fingerprint density at radius 2 is 1.89 bits per heavy atom. The van der Waals surface area contributed by atoms with Gasteiger partial charge in [-0.05, 0) is 44.0 Å². The van der Waals surface area contributed by atoms with Crippen molar-refractivity contribution < 1.29 is 17.9 Å². The van der Waals surface area contributed by atoms with Crippen molar-refractivity contribution in [1.82, 2.24) is 9.21 Å². The zero-order valence-electron chi connectivity index (χ0n) is 17.8. The lowest BCUT2D eigenvalue weighted by atomic mass is 9.87. The topological polar surface area (TPSA) is 79.0 Å². The number of sulfonamides is 1. The lowest BCUT2D eigenvalue weighted by molar-refractivity contribution is -0.117. The van der Waals surface area contributed by atoms with Gasteiger partial charge in [-0.25, -0.2) is 8.42 Å². The molecular weight excluding hydrogens is 378 g/mol. The van der Waals surface area contributed by atoms with Crippen LogP contribution in [0, 0.1) is 12.3 Å². The molecule has 0 aliphatic carbocycles. The minimum atomic E-state index is -3.62. The Morgan fingerprint density at radius 3 is 2.46 bits per heavy atom. The van der Waals surface area contributed by atoms with E-state index in [1.54, 1.807) is 25.1 Å². The van der Waals surface area contributed by atoms with Crippen LogP contribution in [-0.2, 0) is 19.6 Å². The van der Waals surface area contributed by atoms with Crippen LogP contribution in [0.5, 0.6) is 0 Å². The molecule has 158 valence electrons. The first-order valence-electron chi connectivity index (χ1n) is 9.61. The number of likely N-dealkylation sites (N-methyl/N-ethyl adjacent to an activating group) is 1. The van der Waals surface area contributed by atoms with Gasteiger partial charge in [-0.3, -0.25) is 9.69 Å². The maximum atomic E-state index is 13.0. The number of carbonyl (C=O) groups is 1. The number of nitrogens with one attached hydrogen (secondary N) is 1. The van der Waals surface area contributed by atoms with Crippen molar-refractivity contribution in [3.63, 3.8) is 0 Å². The minimum Gasteiger partial charge on any atom is -0.379 e. The molecule has 1 heterocycles. The number of morpholine rings is 1. The van der Waals surface area contributed by atoms with Gasteiger partial charge in [-0.15, -0.1) is 0 Å². The molecule has 2 rings (SSSR count). The summed E-state index contributed by atoms with van der Waals surface area (Å²) in [6.45, 7) is 12.0. The lowest BCUT2D eigenvalue weighted by Gasteiger charge is -2.34. The fraction of sp³-hybridized carbons (Fsp3) is 0.650. The Morgan fingerprint density at radius 1 is 1.29 bits per heavy atom. The van der Waals surface area contributed by atoms with Gasteiger partial charge in [-0.2, -0.15) is 4.31 Å². The molecule has 1 amide bonds. The van der Waals surface area contributed by atoms with Crippen LogP contribution in [0.1, 0.15) is 33.3 Å². The molecule has 7 nitrogen and oxygen atoms in total. The largest absolute Gasteiger partial charge is 0.379 e. The first-order valence-corrected chi connectivity index (χ1v) is 11.1. The molecule has 0 radical (unpaired) electrons. The smallest absolute Gasteiger partial charge is 0.243 e. The molecular formula is C20H33N3O4S. The molecule has 1 atom stereocenters. The van der Waals surface area contributed by atoms with E-state index in [-0.39, 0.29) is 28.8 Å². The Kier molecular flexibility index (Phi) is 7.25. The third kappa shape index (κ3) is 5.53. The monoisotopic (exact) mass is 411 g/mol. The van der Waals surface area contributed by atoms with Crippen LogP contribution >= 0.6 is 0 Å². The van der Waals surface area contributed by atoms with Crippen molar-refractivity contribution in [2.75, 3.05) is 45.2 Å². The van der Waals surface area contributed by atoms with Crippen LogP contribution in [0.2, 0.25) is 0 Å². The quantitative estimate of drug-likeness (QED) is 0.777. The zero-order chi connectivity index (χ0) is 21.1. The highest BCUT2D eigenvalue weighted by Crippen LogP contribution is 2.25. The fourth-order valence-corrected chi connectivity index (χ4v) is 4.77. The Bertz CT molecular complexity index is 796. The highest BCUT2D eigenvalue weighted by molar-refractivity contribution is 7.89. The molecule has 1 saturated heterocycles. The molecule has 0 bridgehead atoms. The van der Waals surface area contributed by atoms with E-state index in [0.29, 0.717) is 37.6 Å². The number of nitrogens with zero attached hydrogens (tertiary/aromatic N) is 2. The lowest BCUT2D eigenvalue weighted by Crippen LogP contribution is -2.43. The average molecular weight is 412 g/mol. The second-order valence-corrected chi connectivity index (χ2v) is 10.4. The molecule has 1 N–H and O–H groups in total. The molecule has 0 aromatic heterocycles. The summed E-state index contributed by atoms with van der Waals surface area (Å²) in [6, 6.07) is 5.22. The van der Waals surface area contributed by atoms with Crippen molar-refractivity contribution in [3.05, 3.63) is 23.8 Å². The van der Waals surface area contributed by atoms with Crippen molar-refractivity contribution >= 4 is 21.6 Å². The van der Waals surface area contributed by atoms with Crippen molar-refractivity contribution in [1.29, 1.82) is 0 Å². The van der Waals surface area contributed by atoms with E-state index in [4.69, 9.17) is 4.74 Å². The highest BCUT2D eigenvalue weighted by atomic mass is 32.2. The molecule has 0 saturated carbocycles. The van der Waals surface area contributed by atoms with Gasteiger partial charge in [0.15, 0.2) is 0 Å². The van der Waals surface area contributed by atoms with Gasteiger partial charge < -0.3 is 10.1 Å². The number of aryl methyl sites for hydroxylation is 1. The van der Waals surface area contributed by atoms with E-state index in [2.05, 4.69) is 33.0 Å². The van der Waals surface area contributed by atoms with Crippen LogP contribution in [0.3, 0.4) is 0 Å². The Hall–Kier alpha value is -1.48. The van der Waals surface area contributed by atoms with Gasteiger partial charge in [0.2, 0.25) is 15.9 Å². The molecule has 1 aromatic rings. The average Bonchev–Trinajstić information content (AvgIpc) is 2.62. The second-order valence-electron chi connectivity index (χ2n) is 8.50. The molecule has 8 heteroatoms. The minimum absolute atomic E-state index is 0.0539. The molecule has 1 fully saturated rings. The first kappa shape index (κ1) is 22.8. The second kappa shape index (κ2) is 8.90. The summed E-state index contributed by atoms with van der Waals surface area (Å²) in [6.07, 6.45) is 0. The molecule has 1 aromatic carbocycles. The summed E-state index contributed by atoms with van der Waals surface area (Å²) in [5.74, 6) is -0.169. The van der Waals surface area contributed by atoms with E-state index >= 15 is 0 Å². The number of anilines is 1. The Labute approximate surface area is 169 Å². The number of rotatable bonds is 6. The van der Waals surface area contributed by atoms with E-state index in [1.165, 1.54) is 4.31 Å². The third-order valence-electron chi connectivity index (χ3n) is 5.37. The van der Waals surface area contributed by atoms with Gasteiger partial charge in [0.25, 0.3) is 0 Å². The maximum absolute atomic E-state index is 13.0. The summed E-state index contributed by atoms with van der Waals surface area (Å²) in [4.78, 5) is 14.7. The summed E-state index contributed by atoms with van der Waals surface area (Å²) in [5.41, 5.74) is 1.19. The van der Waals surface area contributed by atoms with Gasteiger partial charge in [-0.1, -0.05) is 26.8 Å². The summed E-state index contributed by atoms with van der Waals surface area (Å²) >= 11 is 0. The summed E-state index contributed by atoms with van der Waals surface area (Å²) in [5, 5.41) is 2.83. The summed E-state index contributed by atoms with van der Waals surface area (Å²) < 4.78 is 32.6. The van der Waals surface area contributed by atoms with Crippen molar-refractivity contribution in [2.24, 2.45) is 5.41 Å². The standard InChI is InChI=1S/C20H33N3O4S/c1-15-7-8-17(21-19(24)14-22(6)16(2)20(3,4)5)13-18(15)28(25,26)23-9-11-27-12-10-23/h7-8,13,16H,9-12,14H2,1-6H3,(H,21,24). The van der Waals surface area contributed by atoms with Crippen LogP contribution in [0.15, 0.2) is 23.1 Å². The number of hydrogen-bond acceptors (Lipinski definition) is 5. The molecule has 1 aliphatic rings. The number of benzene rings is 1. The van der Waals surface area contributed by atoms with Crippen LogP contribution in [0.4, 0.5) is 5.69 Å². The number of ether oxygens (including phenoxy) is 1. The van der Waals surface area contributed by atoms with Crippen molar-refractivity contribution in [2.45, 2.75) is 45.6 Å². The van der Waals surface area contributed by atoms with E-state index in [9.17, 15) is 13.2 Å². The van der Waals surface area contributed by atoms with Crippen LogP contribution in [0.25, 0.3) is 0 Å². The molecule has 1 unspecified atom stereocenters. The van der Waals surface area contributed by atoms with E-state index in [0.717, 1.165) is 0 Å². The maximum Gasteiger partial charge on any atom is 0.243 e. The van der Waals surface area contributed by atoms with Gasteiger partial charge >= 0.3 is 0 Å². The first-order chi connectivity index (χ1) is 12.9. The highest BCUT2D eigenvalue weighted by Gasteiger charge is 2.28. The van der Waals surface area contributed by atoms with E-state index < -0.39 is 10.0 Å². The molecule has 0 spiro atoms. The number of amides is 1. The van der Waals surface area contributed by atoms with Crippen LogP contribution < -0.4 is 5.32 Å².